The number of hydrogen-bond donors (Lipinski definition) is 3. The van der Waals surface area contributed by atoms with Gasteiger partial charge in [-0.25, -0.2) is 4.79 Å². The monoisotopic (exact) mass is 735 g/mol. The van der Waals surface area contributed by atoms with E-state index in [-0.39, 0.29) is 18.1 Å². The molecule has 1 saturated heterocycles. The van der Waals surface area contributed by atoms with Crippen LogP contribution in [0, 0.1) is 3.57 Å². The maximum Gasteiger partial charge on any atom is 0.411 e. The second-order valence-corrected chi connectivity index (χ2v) is 12.7. The number of fused-ring (bicyclic) bond motifs is 1. The number of para-hydroxylation sites is 1. The maximum absolute atomic E-state index is 13.1. The number of hydrogen-bond acceptors (Lipinski definition) is 10. The van der Waals surface area contributed by atoms with E-state index in [1.807, 2.05) is 18.2 Å². The SMILES string of the molecule is O=C(Nc1ccccc1)OCCOC1C(O)C(COS(=O)(=O)c2ccc3ccccc3c2)OC(Oc2ccc(I)cc2)C1O. The molecule has 44 heavy (non-hydrogen) atoms. The highest BCUT2D eigenvalue weighted by atomic mass is 127. The summed E-state index contributed by atoms with van der Waals surface area (Å²) in [5, 5.41) is 26.2. The molecule has 1 aliphatic heterocycles. The molecule has 1 fully saturated rings. The van der Waals surface area contributed by atoms with Crippen LogP contribution in [0.1, 0.15) is 0 Å². The molecule has 0 bridgehead atoms. The van der Waals surface area contributed by atoms with Gasteiger partial charge in [-0.2, -0.15) is 8.42 Å². The largest absolute Gasteiger partial charge is 0.462 e. The number of ether oxygens (including phenoxy) is 4. The zero-order valence-electron chi connectivity index (χ0n) is 23.2. The molecule has 232 valence electrons. The molecule has 0 spiro atoms. The average Bonchev–Trinajstić information content (AvgIpc) is 3.02. The van der Waals surface area contributed by atoms with Crippen molar-refractivity contribution in [1.29, 1.82) is 0 Å². The van der Waals surface area contributed by atoms with E-state index in [2.05, 4.69) is 27.9 Å². The standard InChI is InChI=1S/C31H30INO10S/c32-22-11-13-24(14-12-22)42-30-28(35)29(39-16-17-40-31(36)33-23-8-2-1-3-9-23)27(34)26(43-30)19-41-44(37,38)25-15-10-20-6-4-5-7-21(20)18-25/h1-15,18,26-30,34-35H,16-17,19H2,(H,33,36). The molecule has 13 heteroatoms. The van der Waals surface area contributed by atoms with Crippen LogP contribution in [-0.2, 0) is 28.5 Å². The molecule has 0 radical (unpaired) electrons. The van der Waals surface area contributed by atoms with Crippen LogP contribution in [0.3, 0.4) is 0 Å². The molecule has 4 aromatic rings. The molecular formula is C31H30INO10S. The van der Waals surface area contributed by atoms with Gasteiger partial charge in [0.1, 0.15) is 36.8 Å². The quantitative estimate of drug-likeness (QED) is 0.116. The fourth-order valence-corrected chi connectivity index (χ4v) is 5.84. The van der Waals surface area contributed by atoms with Gasteiger partial charge in [0.2, 0.25) is 6.29 Å². The number of benzene rings is 4. The van der Waals surface area contributed by atoms with E-state index in [1.165, 1.54) is 12.1 Å². The molecule has 0 aliphatic carbocycles. The summed E-state index contributed by atoms with van der Waals surface area (Å²) in [7, 11) is -4.24. The van der Waals surface area contributed by atoms with Crippen molar-refractivity contribution in [3.05, 3.63) is 101 Å². The van der Waals surface area contributed by atoms with Gasteiger partial charge in [-0.05, 0) is 81.9 Å². The Bertz CT molecular complexity index is 1660. The summed E-state index contributed by atoms with van der Waals surface area (Å²) < 4.78 is 54.9. The number of halogens is 1. The van der Waals surface area contributed by atoms with Gasteiger partial charge >= 0.3 is 6.09 Å². The summed E-state index contributed by atoms with van der Waals surface area (Å²) in [6.07, 6.45) is -7.63. The van der Waals surface area contributed by atoms with Crippen molar-refractivity contribution in [3.8, 4) is 5.75 Å². The van der Waals surface area contributed by atoms with Crippen LogP contribution in [0.25, 0.3) is 10.8 Å². The van der Waals surface area contributed by atoms with E-state index in [0.29, 0.717) is 16.8 Å². The van der Waals surface area contributed by atoms with Crippen molar-refractivity contribution in [1.82, 2.24) is 0 Å². The lowest BCUT2D eigenvalue weighted by Gasteiger charge is -2.41. The highest BCUT2D eigenvalue weighted by molar-refractivity contribution is 14.1. The van der Waals surface area contributed by atoms with Crippen molar-refractivity contribution < 1.29 is 46.6 Å². The zero-order valence-corrected chi connectivity index (χ0v) is 26.2. The molecular weight excluding hydrogens is 705 g/mol. The minimum atomic E-state index is -4.24. The van der Waals surface area contributed by atoms with Crippen molar-refractivity contribution in [2.75, 3.05) is 25.1 Å². The molecule has 1 heterocycles. The summed E-state index contributed by atoms with van der Waals surface area (Å²) in [6.45, 7) is -0.985. The summed E-state index contributed by atoms with van der Waals surface area (Å²) in [4.78, 5) is 12.0. The van der Waals surface area contributed by atoms with Gasteiger partial charge in [-0.15, -0.1) is 0 Å². The van der Waals surface area contributed by atoms with Crippen molar-refractivity contribution in [3.63, 3.8) is 0 Å². The van der Waals surface area contributed by atoms with E-state index in [0.717, 1.165) is 8.96 Å². The summed E-state index contributed by atoms with van der Waals surface area (Å²) in [5.74, 6) is 0.369. The fourth-order valence-electron chi connectivity index (χ4n) is 4.52. The second kappa shape index (κ2) is 14.6. The summed E-state index contributed by atoms with van der Waals surface area (Å²) in [5.41, 5.74) is 0.547. The van der Waals surface area contributed by atoms with Crippen LogP contribution < -0.4 is 10.1 Å². The molecule has 5 rings (SSSR count). The predicted molar refractivity (Wildman–Crippen MR) is 169 cm³/mol. The highest BCUT2D eigenvalue weighted by Crippen LogP contribution is 2.28. The van der Waals surface area contributed by atoms with Gasteiger partial charge in [0, 0.05) is 9.26 Å². The molecule has 0 saturated carbocycles. The molecule has 5 atom stereocenters. The lowest BCUT2D eigenvalue weighted by atomic mass is 9.99. The first kappa shape index (κ1) is 32.1. The number of aliphatic hydroxyl groups is 2. The predicted octanol–water partition coefficient (Wildman–Crippen LogP) is 4.31. The lowest BCUT2D eigenvalue weighted by molar-refractivity contribution is -0.285. The number of aliphatic hydroxyl groups excluding tert-OH is 2. The van der Waals surface area contributed by atoms with E-state index < -0.39 is 53.5 Å². The van der Waals surface area contributed by atoms with Crippen LogP contribution in [0.15, 0.2) is 102 Å². The van der Waals surface area contributed by atoms with Crippen molar-refractivity contribution >= 4 is 55.3 Å². The molecule has 1 amide bonds. The number of carbonyl (C=O) groups excluding carboxylic acids is 1. The smallest absolute Gasteiger partial charge is 0.411 e. The maximum atomic E-state index is 13.1. The van der Waals surface area contributed by atoms with Crippen molar-refractivity contribution in [2.24, 2.45) is 0 Å². The first-order chi connectivity index (χ1) is 21.2. The van der Waals surface area contributed by atoms with Gasteiger partial charge in [0.05, 0.1) is 18.1 Å². The number of rotatable bonds is 11. The Morgan fingerprint density at radius 2 is 1.57 bits per heavy atom. The number of amides is 1. The number of carbonyl (C=O) groups is 1. The van der Waals surface area contributed by atoms with Gasteiger partial charge in [0.25, 0.3) is 10.1 Å². The minimum Gasteiger partial charge on any atom is -0.462 e. The topological polar surface area (TPSA) is 150 Å². The minimum absolute atomic E-state index is 0.0630. The number of anilines is 1. The third-order valence-electron chi connectivity index (χ3n) is 6.75. The molecule has 11 nitrogen and oxygen atoms in total. The van der Waals surface area contributed by atoms with E-state index in [4.69, 9.17) is 23.1 Å². The van der Waals surface area contributed by atoms with Gasteiger partial charge in [0.15, 0.2) is 0 Å². The van der Waals surface area contributed by atoms with Gasteiger partial charge in [-0.3, -0.25) is 9.50 Å². The van der Waals surface area contributed by atoms with Crippen LogP contribution in [0.2, 0.25) is 0 Å². The third kappa shape index (κ3) is 8.24. The third-order valence-corrected chi connectivity index (χ3v) is 8.75. The van der Waals surface area contributed by atoms with Crippen LogP contribution >= 0.6 is 22.6 Å². The molecule has 3 N–H and O–H groups in total. The van der Waals surface area contributed by atoms with E-state index in [1.54, 1.807) is 66.7 Å². The van der Waals surface area contributed by atoms with Crippen LogP contribution in [0.4, 0.5) is 10.5 Å². The lowest BCUT2D eigenvalue weighted by Crippen LogP contribution is -2.61. The van der Waals surface area contributed by atoms with Crippen LogP contribution in [0.5, 0.6) is 5.75 Å². The summed E-state index contributed by atoms with van der Waals surface area (Å²) >= 11 is 2.13. The second-order valence-electron chi connectivity index (χ2n) is 9.81. The molecule has 4 aromatic carbocycles. The Balaban J connectivity index is 1.25. The Kier molecular flexibility index (Phi) is 10.7. The molecule has 5 unspecified atom stereocenters. The Morgan fingerprint density at radius 3 is 2.32 bits per heavy atom. The van der Waals surface area contributed by atoms with Crippen molar-refractivity contribution in [2.45, 2.75) is 35.6 Å². The molecule has 0 aromatic heterocycles. The normalized spacial score (nSPS) is 21.9. The fraction of sp³-hybridized carbons (Fsp3) is 0.258. The van der Waals surface area contributed by atoms with E-state index in [9.17, 15) is 23.4 Å². The zero-order chi connectivity index (χ0) is 31.1. The van der Waals surface area contributed by atoms with Gasteiger partial charge < -0.3 is 29.2 Å². The Labute approximate surface area is 267 Å². The first-order valence-corrected chi connectivity index (χ1v) is 16.1. The molecule has 1 aliphatic rings. The Morgan fingerprint density at radius 1 is 0.864 bits per heavy atom. The summed E-state index contributed by atoms with van der Waals surface area (Å²) in [6, 6.07) is 27.5. The average molecular weight is 736 g/mol. The highest BCUT2D eigenvalue weighted by Gasteiger charge is 2.47. The first-order valence-electron chi connectivity index (χ1n) is 13.6. The number of nitrogens with one attached hydrogen (secondary N) is 1. The van der Waals surface area contributed by atoms with E-state index >= 15 is 0 Å². The van der Waals surface area contributed by atoms with Crippen LogP contribution in [-0.4, -0.2) is 75.3 Å². The Hall–Kier alpha value is -3.31. The van der Waals surface area contributed by atoms with Gasteiger partial charge in [-0.1, -0.05) is 48.5 Å².